The van der Waals surface area contributed by atoms with Crippen LogP contribution in [0.4, 0.5) is 0 Å². The fraction of sp³-hybridized carbons (Fsp3) is 0.111. The van der Waals surface area contributed by atoms with Gasteiger partial charge in [-0.25, -0.2) is 0 Å². The van der Waals surface area contributed by atoms with Crippen LogP contribution < -0.4 is 0 Å². The second-order valence-electron chi connectivity index (χ2n) is 2.33. The zero-order valence-corrected chi connectivity index (χ0v) is 7.14. The highest BCUT2D eigenvalue weighted by Gasteiger charge is 2.03. The number of nitrogens with one attached hydrogen (secondary N) is 1. The molecule has 1 aromatic rings. The molecule has 0 aliphatic heterocycles. The lowest BCUT2D eigenvalue weighted by atomic mass is 10.1. The topological polar surface area (TPSA) is 40.9 Å². The summed E-state index contributed by atoms with van der Waals surface area (Å²) < 4.78 is 0. The molecular weight excluding hydrogens is 174 g/mol. The van der Waals surface area contributed by atoms with Gasteiger partial charge in [0.25, 0.3) is 0 Å². The Bertz CT molecular complexity index is 309. The third-order valence-corrected chi connectivity index (χ3v) is 1.82. The molecule has 0 fully saturated rings. The van der Waals surface area contributed by atoms with Crippen molar-refractivity contribution in [1.82, 2.24) is 0 Å². The van der Waals surface area contributed by atoms with Crippen LogP contribution in [0, 0.1) is 5.41 Å². The number of hydrogen-bond acceptors (Lipinski definition) is 2. The number of aldehydes is 1. The van der Waals surface area contributed by atoms with Crippen molar-refractivity contribution in [1.29, 1.82) is 5.41 Å². The van der Waals surface area contributed by atoms with Crippen LogP contribution in [0.3, 0.4) is 0 Å². The quantitative estimate of drug-likeness (QED) is 0.564. The molecule has 2 nitrogen and oxygen atoms in total. The van der Waals surface area contributed by atoms with Crippen molar-refractivity contribution >= 4 is 23.6 Å². The molecule has 0 amide bonds. The Hall–Kier alpha value is -1.15. The highest BCUT2D eigenvalue weighted by atomic mass is 35.5. The number of benzene rings is 1. The van der Waals surface area contributed by atoms with E-state index < -0.39 is 0 Å². The zero-order chi connectivity index (χ0) is 8.97. The van der Waals surface area contributed by atoms with E-state index in [9.17, 15) is 4.79 Å². The fourth-order valence-corrected chi connectivity index (χ4v) is 1.15. The molecule has 0 saturated carbocycles. The summed E-state index contributed by atoms with van der Waals surface area (Å²) >= 11 is 5.80. The standard InChI is InChI=1S/C9H8ClNO/c10-8-4-2-1-3-7(8)9(11)5-6-12/h1-4,6,11H,5H2. The Morgan fingerprint density at radius 3 is 2.75 bits per heavy atom. The highest BCUT2D eigenvalue weighted by Crippen LogP contribution is 2.15. The maximum absolute atomic E-state index is 10.1. The lowest BCUT2D eigenvalue weighted by molar-refractivity contribution is -0.106. The number of rotatable bonds is 3. The van der Waals surface area contributed by atoms with Gasteiger partial charge >= 0.3 is 0 Å². The predicted octanol–water partition coefficient (Wildman–Crippen LogP) is 2.30. The van der Waals surface area contributed by atoms with Gasteiger partial charge in [0.2, 0.25) is 0 Å². The van der Waals surface area contributed by atoms with Gasteiger partial charge in [0.05, 0.1) is 0 Å². The van der Waals surface area contributed by atoms with Crippen LogP contribution >= 0.6 is 11.6 Å². The highest BCUT2D eigenvalue weighted by molar-refractivity contribution is 6.34. The molecule has 1 N–H and O–H groups in total. The molecule has 0 radical (unpaired) electrons. The maximum atomic E-state index is 10.1. The first kappa shape index (κ1) is 8.94. The maximum Gasteiger partial charge on any atom is 0.125 e. The van der Waals surface area contributed by atoms with E-state index in [1.807, 2.05) is 0 Å². The van der Waals surface area contributed by atoms with Crippen LogP contribution in [0.15, 0.2) is 24.3 Å². The van der Waals surface area contributed by atoms with Crippen LogP contribution in [0.1, 0.15) is 12.0 Å². The van der Waals surface area contributed by atoms with Gasteiger partial charge in [-0.05, 0) is 6.07 Å². The van der Waals surface area contributed by atoms with Gasteiger partial charge in [-0.15, -0.1) is 0 Å². The third kappa shape index (κ3) is 1.92. The summed E-state index contributed by atoms with van der Waals surface area (Å²) in [5.41, 5.74) is 0.891. The van der Waals surface area contributed by atoms with E-state index in [4.69, 9.17) is 17.0 Å². The Labute approximate surface area is 75.7 Å². The van der Waals surface area contributed by atoms with Gasteiger partial charge in [-0.2, -0.15) is 0 Å². The van der Waals surface area contributed by atoms with Crippen LogP contribution in [-0.4, -0.2) is 12.0 Å². The third-order valence-electron chi connectivity index (χ3n) is 1.49. The van der Waals surface area contributed by atoms with E-state index in [-0.39, 0.29) is 12.1 Å². The second kappa shape index (κ2) is 4.02. The molecule has 0 heterocycles. The summed E-state index contributed by atoms with van der Waals surface area (Å²) in [4.78, 5) is 10.1. The molecule has 62 valence electrons. The van der Waals surface area contributed by atoms with Crippen molar-refractivity contribution in [3.05, 3.63) is 34.9 Å². The van der Waals surface area contributed by atoms with Crippen molar-refractivity contribution in [3.8, 4) is 0 Å². The minimum atomic E-state index is 0.115. The summed E-state index contributed by atoms with van der Waals surface area (Å²) in [5, 5.41) is 7.97. The van der Waals surface area contributed by atoms with Crippen LogP contribution in [0.5, 0.6) is 0 Å². The first-order chi connectivity index (χ1) is 5.75. The van der Waals surface area contributed by atoms with E-state index in [0.717, 1.165) is 0 Å². The lowest BCUT2D eigenvalue weighted by Crippen LogP contribution is -1.99. The minimum absolute atomic E-state index is 0.115. The molecule has 0 atom stereocenters. The molecule has 0 aliphatic carbocycles. The van der Waals surface area contributed by atoms with Crippen molar-refractivity contribution in [3.63, 3.8) is 0 Å². The summed E-state index contributed by atoms with van der Waals surface area (Å²) in [6, 6.07) is 7.02. The summed E-state index contributed by atoms with van der Waals surface area (Å²) in [7, 11) is 0. The van der Waals surface area contributed by atoms with E-state index in [2.05, 4.69) is 0 Å². The van der Waals surface area contributed by atoms with Crippen LogP contribution in [-0.2, 0) is 4.79 Å². The van der Waals surface area contributed by atoms with Gasteiger partial charge < -0.3 is 10.2 Å². The number of halogens is 1. The van der Waals surface area contributed by atoms with Gasteiger partial charge in [-0.1, -0.05) is 29.8 Å². The fourth-order valence-electron chi connectivity index (χ4n) is 0.899. The number of carbonyl (C=O) groups excluding carboxylic acids is 1. The van der Waals surface area contributed by atoms with Gasteiger partial charge in [0.15, 0.2) is 0 Å². The first-order valence-corrected chi connectivity index (χ1v) is 3.89. The van der Waals surface area contributed by atoms with E-state index >= 15 is 0 Å². The summed E-state index contributed by atoms with van der Waals surface area (Å²) in [6.45, 7) is 0. The van der Waals surface area contributed by atoms with Crippen molar-refractivity contribution in [2.45, 2.75) is 6.42 Å². The molecular formula is C9H8ClNO. The van der Waals surface area contributed by atoms with Crippen LogP contribution in [0.25, 0.3) is 0 Å². The average Bonchev–Trinajstić information content (AvgIpc) is 2.05. The summed E-state index contributed by atoms with van der Waals surface area (Å²) in [6.07, 6.45) is 0.815. The normalized spacial score (nSPS) is 9.42. The minimum Gasteiger partial charge on any atom is -0.304 e. The predicted molar refractivity (Wildman–Crippen MR) is 49.0 cm³/mol. The lowest BCUT2D eigenvalue weighted by Gasteiger charge is -2.01. The second-order valence-corrected chi connectivity index (χ2v) is 2.74. The first-order valence-electron chi connectivity index (χ1n) is 3.51. The molecule has 0 aromatic heterocycles. The van der Waals surface area contributed by atoms with Gasteiger partial charge in [-0.3, -0.25) is 0 Å². The number of carbonyl (C=O) groups is 1. The number of hydrogen-bond donors (Lipinski definition) is 1. The molecule has 0 saturated heterocycles. The molecule has 1 aromatic carbocycles. The molecule has 0 spiro atoms. The Morgan fingerprint density at radius 1 is 1.50 bits per heavy atom. The molecule has 12 heavy (non-hydrogen) atoms. The van der Waals surface area contributed by atoms with E-state index in [1.54, 1.807) is 24.3 Å². The average molecular weight is 182 g/mol. The van der Waals surface area contributed by atoms with Crippen molar-refractivity contribution in [2.75, 3.05) is 0 Å². The molecule has 0 unspecified atom stereocenters. The van der Waals surface area contributed by atoms with Gasteiger partial charge in [0, 0.05) is 22.7 Å². The smallest absolute Gasteiger partial charge is 0.125 e. The van der Waals surface area contributed by atoms with E-state index in [0.29, 0.717) is 16.9 Å². The summed E-state index contributed by atoms with van der Waals surface area (Å²) in [5.74, 6) is 0. The molecule has 3 heteroatoms. The monoisotopic (exact) mass is 181 g/mol. The van der Waals surface area contributed by atoms with Crippen molar-refractivity contribution in [2.24, 2.45) is 0 Å². The zero-order valence-electron chi connectivity index (χ0n) is 6.38. The van der Waals surface area contributed by atoms with Crippen molar-refractivity contribution < 1.29 is 4.79 Å². The molecule has 1 rings (SSSR count). The molecule has 0 aliphatic rings. The Kier molecular flexibility index (Phi) is 3.00. The van der Waals surface area contributed by atoms with E-state index in [1.165, 1.54) is 0 Å². The Balaban J connectivity index is 2.94. The van der Waals surface area contributed by atoms with Crippen LogP contribution in [0.2, 0.25) is 5.02 Å². The SMILES string of the molecule is N=C(CC=O)c1ccccc1Cl. The Morgan fingerprint density at radius 2 is 2.17 bits per heavy atom. The molecule has 0 bridgehead atoms. The van der Waals surface area contributed by atoms with Gasteiger partial charge in [0.1, 0.15) is 6.29 Å². The largest absolute Gasteiger partial charge is 0.304 e.